The van der Waals surface area contributed by atoms with Gasteiger partial charge in [0.1, 0.15) is 0 Å². The molecule has 0 atom stereocenters. The van der Waals surface area contributed by atoms with Crippen LogP contribution in [-0.4, -0.2) is 72.8 Å². The second-order valence-electron chi connectivity index (χ2n) is 0.896. The molecule has 0 rings (SSSR count). The summed E-state index contributed by atoms with van der Waals surface area (Å²) in [6.45, 7) is 0. The summed E-state index contributed by atoms with van der Waals surface area (Å²) in [4.78, 5) is 0. The molecule has 0 saturated heterocycles. The first-order valence-corrected chi connectivity index (χ1v) is 4.19. The van der Waals surface area contributed by atoms with E-state index in [1.165, 1.54) is 0 Å². The molecule has 0 aliphatic heterocycles. The van der Waals surface area contributed by atoms with Gasteiger partial charge in [-0.05, 0) is 0 Å². The Bertz CT molecular complexity index is 222. The van der Waals surface area contributed by atoms with Crippen LogP contribution >= 0.6 is 0 Å². The van der Waals surface area contributed by atoms with Gasteiger partial charge in [0.05, 0.1) is 0 Å². The summed E-state index contributed by atoms with van der Waals surface area (Å²) in [5, 5.41) is 0. The average molecular weight is 257 g/mol. The molecule has 0 aromatic carbocycles. The van der Waals surface area contributed by atoms with Crippen LogP contribution in [0.2, 0.25) is 0 Å². The Labute approximate surface area is 102 Å². The molecule has 12 heavy (non-hydrogen) atoms. The molecule has 12 heteroatoms. The van der Waals surface area contributed by atoms with Gasteiger partial charge in [-0.25, -0.2) is 0 Å². The van der Waals surface area contributed by atoms with E-state index in [1.54, 1.807) is 0 Å². The van der Waals surface area contributed by atoms with E-state index in [1.807, 2.05) is 0 Å². The smallest absolute Gasteiger partial charge is 1.00 e. The van der Waals surface area contributed by atoms with Crippen LogP contribution in [0, 0.1) is 0 Å². The fourth-order valence-electron chi connectivity index (χ4n) is 0. The van der Waals surface area contributed by atoms with Gasteiger partial charge in [0, 0.05) is 0 Å². The second-order valence-corrected chi connectivity index (χ2v) is 2.69. The molecule has 0 spiro atoms. The van der Waals surface area contributed by atoms with Crippen LogP contribution in [0.15, 0.2) is 0 Å². The fraction of sp³-hybridized carbons (Fsp3) is 0. The molecule has 76 valence electrons. The first kappa shape index (κ1) is 23.1. The molecule has 0 heterocycles. The van der Waals surface area contributed by atoms with Gasteiger partial charge >= 0.3 is 61.4 Å². The summed E-state index contributed by atoms with van der Waals surface area (Å²) in [6, 6.07) is 0. The molecule has 9 nitrogen and oxygen atoms in total. The second kappa shape index (κ2) is 8.55. The van der Waals surface area contributed by atoms with Crippen LogP contribution in [0.3, 0.4) is 0 Å². The summed E-state index contributed by atoms with van der Waals surface area (Å²) < 4.78 is 63.2. The standard InChI is InChI=1S/Ca.H3N.2H2O4S.2H/c;;2*1-5(2,3)4;;/h;1H3;2*(H2,1,2,3,4);;/p+2. The van der Waals surface area contributed by atoms with Gasteiger partial charge in [-0.1, -0.05) is 0 Å². The maximum Gasteiger partial charge on any atom is 1.00 e. The molecule has 0 amide bonds. The zero-order chi connectivity index (χ0) is 9.00. The first-order valence-electron chi connectivity index (χ1n) is 1.40. The third-order valence-corrected chi connectivity index (χ3v) is 0. The third kappa shape index (κ3) is 1180. The molecule has 0 radical (unpaired) electrons. The van der Waals surface area contributed by atoms with Crippen LogP contribution in [-0.2, 0) is 20.8 Å². The van der Waals surface area contributed by atoms with Crippen molar-refractivity contribution >= 4 is 58.5 Å². The Morgan fingerprint density at radius 3 is 0.750 bits per heavy atom. The molecule has 0 unspecified atom stereocenters. The van der Waals surface area contributed by atoms with E-state index in [4.69, 9.17) is 35.0 Å². The molecule has 0 aliphatic rings. The molecule has 0 aliphatic carbocycles. The van der Waals surface area contributed by atoms with E-state index < -0.39 is 20.8 Å². The van der Waals surface area contributed by atoms with E-state index in [2.05, 4.69) is 0 Å². The quantitative estimate of drug-likeness (QED) is 0.246. The topological polar surface area (TPSA) is 184 Å². The van der Waals surface area contributed by atoms with Crippen LogP contribution < -0.4 is 6.15 Å². The predicted molar refractivity (Wildman–Crippen MR) is 44.1 cm³/mol. The summed E-state index contributed by atoms with van der Waals surface area (Å²) in [6.07, 6.45) is 0. The zero-order valence-electron chi connectivity index (χ0n) is 6.95. The van der Waals surface area contributed by atoms with Crippen molar-refractivity contribution in [1.29, 1.82) is 0 Å². The summed E-state index contributed by atoms with van der Waals surface area (Å²) in [7, 11) is -9.33. The summed E-state index contributed by atoms with van der Waals surface area (Å²) >= 11 is 0. The number of rotatable bonds is 0. The third-order valence-electron chi connectivity index (χ3n) is 0. The Balaban J connectivity index is -0.0000000178. The van der Waals surface area contributed by atoms with Crippen LogP contribution in [0.5, 0.6) is 0 Å². The normalized spacial score (nSPS) is 9.67. The molecule has 0 bridgehead atoms. The Morgan fingerprint density at radius 1 is 0.750 bits per heavy atom. The van der Waals surface area contributed by atoms with Crippen molar-refractivity contribution in [3.63, 3.8) is 0 Å². The van der Waals surface area contributed by atoms with E-state index >= 15 is 0 Å². The molecular formula is H11CaNO8S2+2. The maximum absolute atomic E-state index is 8.74. The van der Waals surface area contributed by atoms with E-state index in [-0.39, 0.29) is 46.7 Å². The largest absolute Gasteiger partial charge is 1.00 e. The van der Waals surface area contributed by atoms with Gasteiger partial charge in [-0.3, -0.25) is 18.2 Å². The minimum Gasteiger partial charge on any atom is 1.00 e. The summed E-state index contributed by atoms with van der Waals surface area (Å²) in [5.74, 6) is 0. The molecule has 0 fully saturated rings. The van der Waals surface area contributed by atoms with Crippen molar-refractivity contribution in [1.82, 2.24) is 6.15 Å². The van der Waals surface area contributed by atoms with Crippen molar-refractivity contribution < 1.29 is 37.9 Å². The van der Waals surface area contributed by atoms with E-state index in [0.717, 1.165) is 0 Å². The maximum atomic E-state index is 8.74. The van der Waals surface area contributed by atoms with Gasteiger partial charge in [-0.2, -0.15) is 16.8 Å². The van der Waals surface area contributed by atoms with Gasteiger partial charge in [0.2, 0.25) is 0 Å². The molecule has 0 saturated carbocycles. The number of hydrogen-bond donors (Lipinski definition) is 5. The van der Waals surface area contributed by atoms with Gasteiger partial charge in [0.15, 0.2) is 0 Å². The van der Waals surface area contributed by atoms with Crippen LogP contribution in [0.4, 0.5) is 0 Å². The van der Waals surface area contributed by atoms with Gasteiger partial charge in [0.25, 0.3) is 0 Å². The van der Waals surface area contributed by atoms with Crippen LogP contribution in [0.1, 0.15) is 2.85 Å². The summed E-state index contributed by atoms with van der Waals surface area (Å²) in [5.41, 5.74) is 0. The van der Waals surface area contributed by atoms with Crippen molar-refractivity contribution in [2.75, 3.05) is 0 Å². The average Bonchev–Trinajstić information content (AvgIpc) is 1.12. The Hall–Kier alpha value is 0.960. The minimum absolute atomic E-state index is 0. The minimum atomic E-state index is -4.67. The van der Waals surface area contributed by atoms with Crippen LogP contribution in [0.25, 0.3) is 0 Å². The van der Waals surface area contributed by atoms with Gasteiger partial charge < -0.3 is 6.15 Å². The molecular weight excluding hydrogens is 246 g/mol. The Kier molecular flexibility index (Phi) is 16.5. The monoisotopic (exact) mass is 257 g/mol. The van der Waals surface area contributed by atoms with Crippen molar-refractivity contribution in [2.45, 2.75) is 0 Å². The fourth-order valence-corrected chi connectivity index (χ4v) is 0. The number of hydrogen-bond acceptors (Lipinski definition) is 5. The SMILES string of the molecule is N.O=S(=O)(O)O.O=S(=O)(O)O.[CaH2].[H+].[H+]. The molecule has 0 aromatic heterocycles. The Morgan fingerprint density at radius 2 is 0.750 bits per heavy atom. The molecule has 0 aromatic rings. The van der Waals surface area contributed by atoms with Crippen molar-refractivity contribution in [3.8, 4) is 0 Å². The predicted octanol–water partition coefficient (Wildman–Crippen LogP) is -1.83. The first-order chi connectivity index (χ1) is 4.00. The van der Waals surface area contributed by atoms with E-state index in [9.17, 15) is 0 Å². The van der Waals surface area contributed by atoms with E-state index in [0.29, 0.717) is 0 Å². The zero-order valence-corrected chi connectivity index (χ0v) is 6.58. The van der Waals surface area contributed by atoms with Crippen molar-refractivity contribution in [3.05, 3.63) is 0 Å². The molecule has 7 N–H and O–H groups in total. The van der Waals surface area contributed by atoms with Crippen molar-refractivity contribution in [2.24, 2.45) is 0 Å². The van der Waals surface area contributed by atoms with Gasteiger partial charge in [-0.15, -0.1) is 0 Å².